The summed E-state index contributed by atoms with van der Waals surface area (Å²) in [6.45, 7) is 4.38. The van der Waals surface area contributed by atoms with Gasteiger partial charge in [0.15, 0.2) is 5.78 Å². The number of fused-ring (bicyclic) bond motifs is 4. The Morgan fingerprint density at radius 2 is 1.90 bits per heavy atom. The lowest BCUT2D eigenvalue weighted by molar-refractivity contribution is -0.114. The van der Waals surface area contributed by atoms with E-state index in [1.54, 1.807) is 5.57 Å². The van der Waals surface area contributed by atoms with Crippen LogP contribution in [0.5, 0.6) is 0 Å². The molecule has 2 nitrogen and oxygen atoms in total. The minimum absolute atomic E-state index is 0.0907. The molecule has 0 unspecified atom stereocenters. The van der Waals surface area contributed by atoms with Crippen LogP contribution < -0.4 is 0 Å². The van der Waals surface area contributed by atoms with E-state index in [2.05, 4.69) is 13.8 Å². The van der Waals surface area contributed by atoms with Gasteiger partial charge in [0.2, 0.25) is 0 Å². The molecule has 2 fully saturated rings. The molecule has 2 saturated carbocycles. The molecule has 21 heavy (non-hydrogen) atoms. The molecule has 0 saturated heterocycles. The zero-order valence-corrected chi connectivity index (χ0v) is 13.2. The Morgan fingerprint density at radius 3 is 2.71 bits per heavy atom. The highest BCUT2D eigenvalue weighted by Gasteiger charge is 2.58. The van der Waals surface area contributed by atoms with Gasteiger partial charge in [-0.05, 0) is 86.3 Å². The van der Waals surface area contributed by atoms with Gasteiger partial charge in [-0.15, -0.1) is 0 Å². The van der Waals surface area contributed by atoms with E-state index in [1.165, 1.54) is 24.0 Å². The second kappa shape index (κ2) is 4.32. The van der Waals surface area contributed by atoms with E-state index >= 15 is 0 Å². The van der Waals surface area contributed by atoms with Gasteiger partial charge in [0, 0.05) is 6.42 Å². The number of carbonyl (C=O) groups excluding carboxylic acids is 1. The summed E-state index contributed by atoms with van der Waals surface area (Å²) < 4.78 is 0. The Kier molecular flexibility index (Phi) is 2.83. The predicted octanol–water partition coefficient (Wildman–Crippen LogP) is 3.94. The Bertz CT molecular complexity index is 566. The third kappa shape index (κ3) is 1.78. The van der Waals surface area contributed by atoms with Crippen LogP contribution in [0.3, 0.4) is 0 Å². The van der Waals surface area contributed by atoms with Gasteiger partial charge in [-0.1, -0.05) is 12.5 Å². The first-order valence-electron chi connectivity index (χ1n) is 8.60. The molecule has 0 aliphatic heterocycles. The van der Waals surface area contributed by atoms with Crippen LogP contribution in [-0.2, 0) is 4.79 Å². The van der Waals surface area contributed by atoms with Crippen LogP contribution in [-0.4, -0.2) is 16.5 Å². The van der Waals surface area contributed by atoms with E-state index in [0.29, 0.717) is 24.0 Å². The molecule has 0 spiro atoms. The largest absolute Gasteiger partial charge is 0.390 e. The molecule has 0 amide bonds. The third-order valence-electron chi connectivity index (χ3n) is 7.29. The van der Waals surface area contributed by atoms with Crippen molar-refractivity contribution in [1.29, 1.82) is 0 Å². The highest BCUT2D eigenvalue weighted by Crippen LogP contribution is 2.63. The van der Waals surface area contributed by atoms with Gasteiger partial charge in [-0.2, -0.15) is 0 Å². The lowest BCUT2D eigenvalue weighted by Crippen LogP contribution is -2.48. The molecule has 4 rings (SSSR count). The summed E-state index contributed by atoms with van der Waals surface area (Å²) in [7, 11) is 0. The Morgan fingerprint density at radius 1 is 1.10 bits per heavy atom. The van der Waals surface area contributed by atoms with Crippen molar-refractivity contribution >= 4 is 5.78 Å². The normalized spacial score (nSPS) is 45.9. The molecule has 0 aromatic heterocycles. The number of carbonyl (C=O) groups is 1. The van der Waals surface area contributed by atoms with Crippen LogP contribution in [0.4, 0.5) is 0 Å². The van der Waals surface area contributed by atoms with Gasteiger partial charge >= 0.3 is 0 Å². The van der Waals surface area contributed by atoms with Crippen LogP contribution in [0, 0.1) is 17.3 Å². The molecular formula is C19H26O2. The summed E-state index contributed by atoms with van der Waals surface area (Å²) in [4.78, 5) is 11.7. The van der Waals surface area contributed by atoms with Gasteiger partial charge < -0.3 is 5.11 Å². The molecule has 0 radical (unpaired) electrons. The topological polar surface area (TPSA) is 37.3 Å². The van der Waals surface area contributed by atoms with Gasteiger partial charge in [-0.25, -0.2) is 0 Å². The summed E-state index contributed by atoms with van der Waals surface area (Å²) in [5.41, 5.74) is 4.12. The lowest BCUT2D eigenvalue weighted by atomic mass is 9.55. The highest BCUT2D eigenvalue weighted by atomic mass is 16.3. The van der Waals surface area contributed by atoms with Crippen molar-refractivity contribution in [2.75, 3.05) is 0 Å². The van der Waals surface area contributed by atoms with E-state index < -0.39 is 5.60 Å². The highest BCUT2D eigenvalue weighted by molar-refractivity contribution is 5.93. The standard InChI is InChI=1S/C19H26O2/c1-18-9-7-15-14-6-4-13(20)11-12(14)3-5-16(15)17(18)8-10-19(18,2)21/h11,16-17,21H,3-10H2,1-2H3/t16-,17+,18+,19+/m1/s1. The SMILES string of the molecule is C[C@]1(O)CC[C@H]2[C@@H]3CCC4=CC(=O)CCC4=C3CC[C@@]21C. The van der Waals surface area contributed by atoms with Crippen molar-refractivity contribution in [1.82, 2.24) is 0 Å². The molecule has 0 heterocycles. The van der Waals surface area contributed by atoms with E-state index in [0.717, 1.165) is 32.1 Å². The second-order valence-corrected chi connectivity index (χ2v) is 8.12. The average molecular weight is 286 g/mol. The van der Waals surface area contributed by atoms with Crippen LogP contribution in [0.25, 0.3) is 0 Å². The fourth-order valence-electron chi connectivity index (χ4n) is 5.78. The van der Waals surface area contributed by atoms with E-state index in [-0.39, 0.29) is 5.41 Å². The van der Waals surface area contributed by atoms with Gasteiger partial charge in [0.05, 0.1) is 5.60 Å². The van der Waals surface area contributed by atoms with Crippen LogP contribution in [0.15, 0.2) is 22.8 Å². The molecule has 4 aliphatic rings. The number of rotatable bonds is 0. The first-order chi connectivity index (χ1) is 9.92. The quantitative estimate of drug-likeness (QED) is 0.732. The number of allylic oxidation sites excluding steroid dienone is 4. The van der Waals surface area contributed by atoms with Crippen molar-refractivity contribution in [3.05, 3.63) is 22.8 Å². The summed E-state index contributed by atoms with van der Waals surface area (Å²) >= 11 is 0. The molecule has 1 N–H and O–H groups in total. The minimum atomic E-state index is -0.494. The van der Waals surface area contributed by atoms with Crippen LogP contribution >= 0.6 is 0 Å². The molecule has 4 aliphatic carbocycles. The molecular weight excluding hydrogens is 260 g/mol. The minimum Gasteiger partial charge on any atom is -0.390 e. The zero-order chi connectivity index (χ0) is 14.8. The monoisotopic (exact) mass is 286 g/mol. The number of hydrogen-bond acceptors (Lipinski definition) is 2. The number of aliphatic hydroxyl groups is 1. The summed E-state index contributed by atoms with van der Waals surface area (Å²) in [6.07, 6.45) is 10.2. The first kappa shape index (κ1) is 13.8. The van der Waals surface area contributed by atoms with Crippen molar-refractivity contribution < 1.29 is 9.90 Å². The molecule has 0 aromatic carbocycles. The van der Waals surface area contributed by atoms with Crippen LogP contribution in [0.1, 0.15) is 65.2 Å². The number of hydrogen-bond donors (Lipinski definition) is 1. The first-order valence-corrected chi connectivity index (χ1v) is 8.60. The van der Waals surface area contributed by atoms with Crippen LogP contribution in [0.2, 0.25) is 0 Å². The summed E-state index contributed by atoms with van der Waals surface area (Å²) in [6, 6.07) is 0. The Hall–Kier alpha value is -0.890. The summed E-state index contributed by atoms with van der Waals surface area (Å²) in [5, 5.41) is 10.8. The van der Waals surface area contributed by atoms with Gasteiger partial charge in [0.1, 0.15) is 0 Å². The van der Waals surface area contributed by atoms with E-state index in [9.17, 15) is 9.90 Å². The summed E-state index contributed by atoms with van der Waals surface area (Å²) in [5.74, 6) is 1.62. The smallest absolute Gasteiger partial charge is 0.156 e. The molecule has 2 heteroatoms. The maximum absolute atomic E-state index is 11.7. The Balaban J connectivity index is 1.75. The molecule has 4 atom stereocenters. The van der Waals surface area contributed by atoms with E-state index in [1.807, 2.05) is 6.08 Å². The van der Waals surface area contributed by atoms with Crippen molar-refractivity contribution in [3.8, 4) is 0 Å². The fourth-order valence-corrected chi connectivity index (χ4v) is 5.78. The molecule has 0 bridgehead atoms. The third-order valence-corrected chi connectivity index (χ3v) is 7.29. The Labute approximate surface area is 127 Å². The van der Waals surface area contributed by atoms with Gasteiger partial charge in [-0.3, -0.25) is 4.79 Å². The number of ketones is 1. The molecule has 114 valence electrons. The zero-order valence-electron chi connectivity index (χ0n) is 13.2. The fraction of sp³-hybridized carbons (Fsp3) is 0.737. The second-order valence-electron chi connectivity index (χ2n) is 8.12. The maximum atomic E-state index is 11.7. The lowest BCUT2D eigenvalue weighted by Gasteiger charge is -2.51. The van der Waals surface area contributed by atoms with Gasteiger partial charge in [0.25, 0.3) is 0 Å². The maximum Gasteiger partial charge on any atom is 0.156 e. The van der Waals surface area contributed by atoms with Crippen molar-refractivity contribution in [2.45, 2.75) is 70.8 Å². The van der Waals surface area contributed by atoms with E-state index in [4.69, 9.17) is 0 Å². The average Bonchev–Trinajstić information content (AvgIpc) is 2.69. The van der Waals surface area contributed by atoms with Crippen molar-refractivity contribution in [3.63, 3.8) is 0 Å². The van der Waals surface area contributed by atoms with Crippen molar-refractivity contribution in [2.24, 2.45) is 17.3 Å². The predicted molar refractivity (Wildman–Crippen MR) is 82.8 cm³/mol. The molecule has 0 aromatic rings.